The first kappa shape index (κ1) is 27.8. The highest BCUT2D eigenvalue weighted by molar-refractivity contribution is 8.15. The van der Waals surface area contributed by atoms with Gasteiger partial charge in [0.25, 0.3) is 0 Å². The number of amidine groups is 1. The van der Waals surface area contributed by atoms with E-state index in [2.05, 4.69) is 40.3 Å². The summed E-state index contributed by atoms with van der Waals surface area (Å²) < 4.78 is 1.63. The molecule has 0 unspecified atom stereocenters. The second-order valence-electron chi connectivity index (χ2n) is 9.99. The van der Waals surface area contributed by atoms with Crippen molar-refractivity contribution >= 4 is 40.2 Å². The fourth-order valence-electron chi connectivity index (χ4n) is 4.58. The molecule has 0 bridgehead atoms. The SMILES string of the molecule is Cc1ccc(-n2cnc(CCc3ccc(NC(=O)N=C4SCC(=O)N4c4ccccc4C(C)C)cc3)n2)c(C#N)c1. The minimum absolute atomic E-state index is 0.0947. The zero-order valence-electron chi connectivity index (χ0n) is 23.0. The largest absolute Gasteiger partial charge is 0.347 e. The summed E-state index contributed by atoms with van der Waals surface area (Å²) in [5.41, 5.74) is 5.72. The van der Waals surface area contributed by atoms with Gasteiger partial charge in [0.1, 0.15) is 12.4 Å². The average Bonchev–Trinajstić information content (AvgIpc) is 3.58. The van der Waals surface area contributed by atoms with E-state index in [-0.39, 0.29) is 17.6 Å². The number of nitriles is 1. The molecular weight excluding hydrogens is 534 g/mol. The van der Waals surface area contributed by atoms with E-state index in [0.29, 0.717) is 40.8 Å². The second-order valence-corrected chi connectivity index (χ2v) is 10.9. The van der Waals surface area contributed by atoms with Gasteiger partial charge < -0.3 is 5.32 Å². The molecule has 4 aromatic rings. The Balaban J connectivity index is 1.21. The number of nitrogens with zero attached hydrogens (tertiary/aromatic N) is 6. The van der Waals surface area contributed by atoms with Crippen LogP contribution in [0.1, 0.15) is 47.8 Å². The smallest absolute Gasteiger partial charge is 0.306 e. The fraction of sp³-hybridized carbons (Fsp3) is 0.226. The first-order valence-electron chi connectivity index (χ1n) is 13.3. The number of nitrogens with one attached hydrogen (secondary N) is 1. The third-order valence-corrected chi connectivity index (χ3v) is 7.59. The Morgan fingerprint density at radius 1 is 1.10 bits per heavy atom. The van der Waals surface area contributed by atoms with Gasteiger partial charge in [-0.25, -0.2) is 14.5 Å². The number of benzene rings is 3. The Bertz CT molecular complexity index is 1670. The minimum atomic E-state index is -0.537. The molecule has 1 saturated heterocycles. The van der Waals surface area contributed by atoms with E-state index in [4.69, 9.17) is 0 Å². The van der Waals surface area contributed by atoms with Gasteiger partial charge in [-0.3, -0.25) is 9.69 Å². The van der Waals surface area contributed by atoms with Crippen LogP contribution >= 0.6 is 11.8 Å². The Morgan fingerprint density at radius 3 is 2.63 bits per heavy atom. The van der Waals surface area contributed by atoms with Crippen molar-refractivity contribution in [2.24, 2.45) is 4.99 Å². The fourth-order valence-corrected chi connectivity index (χ4v) is 5.44. The van der Waals surface area contributed by atoms with Crippen molar-refractivity contribution in [2.75, 3.05) is 16.0 Å². The van der Waals surface area contributed by atoms with E-state index in [1.54, 1.807) is 11.0 Å². The number of aliphatic imine (C=N–C) groups is 1. The molecule has 9 nitrogen and oxygen atoms in total. The summed E-state index contributed by atoms with van der Waals surface area (Å²) in [7, 11) is 0. The molecule has 0 atom stereocenters. The van der Waals surface area contributed by atoms with Crippen LogP contribution in [0.5, 0.6) is 0 Å². The summed E-state index contributed by atoms with van der Waals surface area (Å²) in [5.74, 6) is 1.04. The lowest BCUT2D eigenvalue weighted by Crippen LogP contribution is -2.31. The van der Waals surface area contributed by atoms with Crippen LogP contribution in [0.25, 0.3) is 5.69 Å². The molecule has 0 aliphatic carbocycles. The van der Waals surface area contributed by atoms with Crippen LogP contribution in [0.2, 0.25) is 0 Å². The lowest BCUT2D eigenvalue weighted by atomic mass is 10.0. The van der Waals surface area contributed by atoms with Gasteiger partial charge in [0, 0.05) is 12.1 Å². The third-order valence-electron chi connectivity index (χ3n) is 6.66. The molecule has 206 valence electrons. The third kappa shape index (κ3) is 6.36. The maximum atomic E-state index is 12.8. The lowest BCUT2D eigenvalue weighted by molar-refractivity contribution is -0.115. The molecule has 2 heterocycles. The van der Waals surface area contributed by atoms with Crippen LogP contribution in [-0.4, -0.2) is 37.6 Å². The van der Waals surface area contributed by atoms with E-state index >= 15 is 0 Å². The number of anilines is 2. The highest BCUT2D eigenvalue weighted by Gasteiger charge is 2.32. The highest BCUT2D eigenvalue weighted by atomic mass is 32.2. The topological polar surface area (TPSA) is 116 Å². The molecule has 5 rings (SSSR count). The standard InChI is InChI=1S/C31H29N7O2S/c1-20(2)25-6-4-5-7-27(25)38-29(39)18-41-31(38)35-30(40)34-24-12-9-22(10-13-24)11-15-28-33-19-37(36-28)26-14-8-21(3)16-23(26)17-32/h4-10,12-14,16,19-20H,11,15,18H2,1-3H3,(H,34,40). The lowest BCUT2D eigenvalue weighted by Gasteiger charge is -2.21. The number of rotatable bonds is 7. The Hall–Kier alpha value is -4.75. The molecule has 0 radical (unpaired) electrons. The van der Waals surface area contributed by atoms with Crippen molar-refractivity contribution in [3.63, 3.8) is 0 Å². The van der Waals surface area contributed by atoms with Gasteiger partial charge in [-0.15, -0.1) is 0 Å². The monoisotopic (exact) mass is 563 g/mol. The van der Waals surface area contributed by atoms with Crippen LogP contribution in [-0.2, 0) is 17.6 Å². The molecule has 10 heteroatoms. The summed E-state index contributed by atoms with van der Waals surface area (Å²) in [5, 5.41) is 17.2. The normalized spacial score (nSPS) is 14.1. The van der Waals surface area contributed by atoms with Gasteiger partial charge >= 0.3 is 6.03 Å². The first-order valence-corrected chi connectivity index (χ1v) is 14.3. The molecule has 0 saturated carbocycles. The maximum absolute atomic E-state index is 12.8. The van der Waals surface area contributed by atoms with E-state index in [1.165, 1.54) is 16.7 Å². The van der Waals surface area contributed by atoms with Gasteiger partial charge in [-0.1, -0.05) is 62.0 Å². The van der Waals surface area contributed by atoms with Crippen LogP contribution in [0.4, 0.5) is 16.2 Å². The predicted molar refractivity (Wildman–Crippen MR) is 162 cm³/mol. The number of aryl methyl sites for hydroxylation is 3. The zero-order valence-corrected chi connectivity index (χ0v) is 23.9. The summed E-state index contributed by atoms with van der Waals surface area (Å²) >= 11 is 1.26. The minimum Gasteiger partial charge on any atom is -0.306 e. The van der Waals surface area contributed by atoms with Crippen LogP contribution < -0.4 is 10.2 Å². The molecule has 1 fully saturated rings. The van der Waals surface area contributed by atoms with E-state index < -0.39 is 6.03 Å². The molecule has 1 aliphatic heterocycles. The van der Waals surface area contributed by atoms with Crippen molar-refractivity contribution in [3.05, 3.63) is 101 Å². The Morgan fingerprint density at radius 2 is 1.88 bits per heavy atom. The highest BCUT2D eigenvalue weighted by Crippen LogP contribution is 2.33. The number of urea groups is 1. The Labute approximate surface area is 242 Å². The first-order chi connectivity index (χ1) is 19.8. The van der Waals surface area contributed by atoms with Gasteiger partial charge in [-0.2, -0.15) is 15.4 Å². The second kappa shape index (κ2) is 12.2. The van der Waals surface area contributed by atoms with Crippen molar-refractivity contribution in [1.29, 1.82) is 5.26 Å². The maximum Gasteiger partial charge on any atom is 0.347 e. The number of thioether (sulfide) groups is 1. The number of carbonyl (C=O) groups is 2. The summed E-state index contributed by atoms with van der Waals surface area (Å²) in [6, 6.07) is 22.5. The molecule has 1 aromatic heterocycles. The van der Waals surface area contributed by atoms with Crippen molar-refractivity contribution in [1.82, 2.24) is 14.8 Å². The number of hydrogen-bond acceptors (Lipinski definition) is 6. The Kier molecular flexibility index (Phi) is 8.26. The quantitative estimate of drug-likeness (QED) is 0.294. The van der Waals surface area contributed by atoms with Crippen molar-refractivity contribution < 1.29 is 9.59 Å². The molecule has 1 N–H and O–H groups in total. The van der Waals surface area contributed by atoms with Gasteiger partial charge in [0.15, 0.2) is 11.0 Å². The molecule has 3 amide bonds. The average molecular weight is 564 g/mol. The van der Waals surface area contributed by atoms with Crippen molar-refractivity contribution in [3.8, 4) is 11.8 Å². The van der Waals surface area contributed by atoms with E-state index in [0.717, 1.165) is 22.4 Å². The number of hydrogen-bond donors (Lipinski definition) is 1. The van der Waals surface area contributed by atoms with Gasteiger partial charge in [0.2, 0.25) is 5.91 Å². The summed E-state index contributed by atoms with van der Waals surface area (Å²) in [6.07, 6.45) is 2.96. The zero-order chi connectivity index (χ0) is 28.9. The number of para-hydroxylation sites is 1. The number of carbonyl (C=O) groups excluding carboxylic acids is 2. The van der Waals surface area contributed by atoms with E-state index in [1.807, 2.05) is 73.7 Å². The molecule has 0 spiro atoms. The molecule has 1 aliphatic rings. The number of aromatic nitrogens is 3. The van der Waals surface area contributed by atoms with Crippen LogP contribution in [0.15, 0.2) is 78.0 Å². The van der Waals surface area contributed by atoms with Gasteiger partial charge in [0.05, 0.1) is 22.7 Å². The van der Waals surface area contributed by atoms with Crippen LogP contribution in [0, 0.1) is 18.3 Å². The summed E-state index contributed by atoms with van der Waals surface area (Å²) in [6.45, 7) is 6.08. The van der Waals surface area contributed by atoms with Crippen molar-refractivity contribution in [2.45, 2.75) is 39.5 Å². The van der Waals surface area contributed by atoms with E-state index in [9.17, 15) is 14.9 Å². The molecular formula is C31H29N7O2S. The predicted octanol–water partition coefficient (Wildman–Crippen LogP) is 6.02. The van der Waals surface area contributed by atoms with Gasteiger partial charge in [-0.05, 0) is 66.3 Å². The van der Waals surface area contributed by atoms with Crippen LogP contribution in [0.3, 0.4) is 0 Å². The molecule has 41 heavy (non-hydrogen) atoms. The number of amides is 3. The molecule has 3 aromatic carbocycles. The summed E-state index contributed by atoms with van der Waals surface area (Å²) in [4.78, 5) is 35.6.